The summed E-state index contributed by atoms with van der Waals surface area (Å²) in [4.78, 5) is 68.4. The van der Waals surface area contributed by atoms with Crippen LogP contribution in [-0.4, -0.2) is 63.7 Å². The van der Waals surface area contributed by atoms with Gasteiger partial charge in [0.15, 0.2) is 18.1 Å². The SMILES string of the molecule is CCOc1cc([C@H]2c3sc(=O)[nH]c3SC3C4CC(C5C(=O)N(CCCC(=O)O)C(=O)C45)C32)ccc1OCC(=O)Nc1cccc(C(F)(F)F)c1. The van der Waals surface area contributed by atoms with Crippen LogP contribution in [0.5, 0.6) is 11.5 Å². The van der Waals surface area contributed by atoms with Crippen molar-refractivity contribution in [3.63, 3.8) is 0 Å². The van der Waals surface area contributed by atoms with Crippen LogP contribution in [0.1, 0.15) is 48.1 Å². The summed E-state index contributed by atoms with van der Waals surface area (Å²) >= 11 is 2.66. The van der Waals surface area contributed by atoms with Gasteiger partial charge in [-0.25, -0.2) is 0 Å². The number of carboxylic acids is 1. The number of anilines is 1. The Balaban J connectivity index is 1.14. The number of aromatic nitrogens is 1. The van der Waals surface area contributed by atoms with Crippen molar-refractivity contribution in [1.29, 1.82) is 0 Å². The Morgan fingerprint density at radius 3 is 2.52 bits per heavy atom. The van der Waals surface area contributed by atoms with E-state index in [1.165, 1.54) is 17.0 Å². The van der Waals surface area contributed by atoms with Crippen molar-refractivity contribution < 1.29 is 46.9 Å². The monoisotopic (exact) mass is 731 g/mol. The van der Waals surface area contributed by atoms with Gasteiger partial charge in [0.2, 0.25) is 11.8 Å². The normalized spacial score (nSPS) is 26.4. The molecule has 11 nitrogen and oxygen atoms in total. The number of likely N-dealkylation sites (tertiary alicyclic amines) is 1. The number of imide groups is 1. The van der Waals surface area contributed by atoms with Crippen molar-refractivity contribution in [3.8, 4) is 11.5 Å². The summed E-state index contributed by atoms with van der Waals surface area (Å²) in [7, 11) is 0. The Hall–Kier alpha value is -4.31. The highest BCUT2D eigenvalue weighted by Gasteiger charge is 2.69. The second-order valence-electron chi connectivity index (χ2n) is 12.8. The number of nitrogens with one attached hydrogen (secondary N) is 2. The molecular formula is C34H32F3N3O8S2. The average Bonchev–Trinajstić information content (AvgIpc) is 3.80. The molecule has 3 N–H and O–H groups in total. The maximum atomic E-state index is 13.7. The molecule has 7 atom stereocenters. The van der Waals surface area contributed by atoms with Crippen molar-refractivity contribution >= 4 is 52.5 Å². The second-order valence-corrected chi connectivity index (χ2v) is 15.0. The van der Waals surface area contributed by atoms with Gasteiger partial charge >= 0.3 is 17.0 Å². The fourth-order valence-electron chi connectivity index (χ4n) is 8.28. The molecule has 2 aliphatic carbocycles. The first kappa shape index (κ1) is 34.2. The molecule has 7 rings (SSSR count). The van der Waals surface area contributed by atoms with Gasteiger partial charge in [0.1, 0.15) is 0 Å². The third kappa shape index (κ3) is 6.05. The fraction of sp³-hybridized carbons (Fsp3) is 0.441. The zero-order valence-electron chi connectivity index (χ0n) is 26.5. The topological polar surface area (TPSA) is 155 Å². The van der Waals surface area contributed by atoms with Crippen LogP contribution >= 0.6 is 23.1 Å². The third-order valence-corrected chi connectivity index (χ3v) is 12.6. The van der Waals surface area contributed by atoms with Crippen molar-refractivity contribution in [2.45, 2.75) is 48.6 Å². The lowest BCUT2D eigenvalue weighted by molar-refractivity contribution is -0.143. The number of thioether (sulfide) groups is 1. The molecule has 2 saturated carbocycles. The number of hydrogen-bond donors (Lipinski definition) is 3. The maximum absolute atomic E-state index is 13.7. The van der Waals surface area contributed by atoms with E-state index < -0.39 is 42.1 Å². The zero-order valence-corrected chi connectivity index (χ0v) is 28.2. The van der Waals surface area contributed by atoms with E-state index in [0.29, 0.717) is 12.2 Å². The van der Waals surface area contributed by atoms with Crippen LogP contribution < -0.4 is 19.7 Å². The first-order chi connectivity index (χ1) is 23.8. The molecule has 3 amide bonds. The minimum atomic E-state index is -4.56. The van der Waals surface area contributed by atoms with Crippen molar-refractivity contribution in [2.75, 3.05) is 25.1 Å². The highest BCUT2D eigenvalue weighted by Crippen LogP contribution is 2.68. The van der Waals surface area contributed by atoms with Crippen molar-refractivity contribution in [3.05, 3.63) is 68.1 Å². The quantitative estimate of drug-likeness (QED) is 0.226. The summed E-state index contributed by atoms with van der Waals surface area (Å²) in [6, 6.07) is 9.54. The minimum Gasteiger partial charge on any atom is -0.490 e. The van der Waals surface area contributed by atoms with E-state index >= 15 is 0 Å². The number of ether oxygens (including phenoxy) is 2. The van der Waals surface area contributed by atoms with Crippen LogP contribution in [0.2, 0.25) is 0 Å². The van der Waals surface area contributed by atoms with Gasteiger partial charge in [-0.05, 0) is 73.4 Å². The first-order valence-electron chi connectivity index (χ1n) is 16.2. The molecule has 16 heteroatoms. The summed E-state index contributed by atoms with van der Waals surface area (Å²) < 4.78 is 51.0. The van der Waals surface area contributed by atoms with Gasteiger partial charge in [-0.1, -0.05) is 23.5 Å². The van der Waals surface area contributed by atoms with Crippen molar-refractivity contribution in [2.24, 2.45) is 29.6 Å². The molecule has 0 radical (unpaired) electrons. The van der Waals surface area contributed by atoms with E-state index in [9.17, 15) is 37.1 Å². The van der Waals surface area contributed by atoms with E-state index in [0.717, 1.165) is 38.9 Å². The Labute approximate surface area is 291 Å². The van der Waals surface area contributed by atoms with E-state index in [1.807, 2.05) is 6.07 Å². The molecule has 3 fully saturated rings. The number of H-pyrrole nitrogens is 1. The molecular weight excluding hydrogens is 700 g/mol. The molecule has 0 spiro atoms. The van der Waals surface area contributed by atoms with E-state index in [-0.39, 0.29) is 83.0 Å². The van der Waals surface area contributed by atoms with Crippen LogP contribution in [0, 0.1) is 29.6 Å². The molecule has 1 aromatic heterocycles. The second kappa shape index (κ2) is 13.1. The number of carboxylic acid groups (broad SMARTS) is 1. The molecule has 3 aromatic rings. The highest BCUT2D eigenvalue weighted by molar-refractivity contribution is 8.00. The van der Waals surface area contributed by atoms with Crippen LogP contribution in [-0.2, 0) is 25.4 Å². The van der Waals surface area contributed by atoms with E-state index in [1.54, 1.807) is 30.8 Å². The van der Waals surface area contributed by atoms with Gasteiger partial charge < -0.3 is 24.9 Å². The fourth-order valence-corrected chi connectivity index (χ4v) is 11.2. The summed E-state index contributed by atoms with van der Waals surface area (Å²) in [5.74, 6) is -3.20. The molecule has 6 unspecified atom stereocenters. The summed E-state index contributed by atoms with van der Waals surface area (Å²) in [6.07, 6.45) is -3.83. The summed E-state index contributed by atoms with van der Waals surface area (Å²) in [5.41, 5.74) is -0.119. The van der Waals surface area contributed by atoms with Crippen LogP contribution in [0.3, 0.4) is 0 Å². The van der Waals surface area contributed by atoms with Gasteiger partial charge in [-0.15, -0.1) is 11.8 Å². The lowest BCUT2D eigenvalue weighted by atomic mass is 9.68. The number of nitrogens with zero attached hydrogens (tertiary/aromatic N) is 1. The summed E-state index contributed by atoms with van der Waals surface area (Å²) in [5, 5.41) is 12.2. The lowest BCUT2D eigenvalue weighted by Crippen LogP contribution is -2.42. The molecule has 2 aliphatic heterocycles. The van der Waals surface area contributed by atoms with E-state index in [2.05, 4.69) is 10.3 Å². The molecule has 4 aliphatic rings. The number of benzene rings is 2. The zero-order chi connectivity index (χ0) is 35.5. The molecule has 1 saturated heterocycles. The Bertz CT molecular complexity index is 1930. The number of rotatable bonds is 11. The molecule has 264 valence electrons. The predicted octanol–water partition coefficient (Wildman–Crippen LogP) is 5.21. The molecule has 50 heavy (non-hydrogen) atoms. The molecule has 2 aromatic carbocycles. The number of alkyl halides is 3. The number of thiazole rings is 1. The summed E-state index contributed by atoms with van der Waals surface area (Å²) in [6.45, 7) is 1.60. The van der Waals surface area contributed by atoms with Gasteiger partial charge in [-0.2, -0.15) is 13.2 Å². The number of hydrogen-bond acceptors (Lipinski definition) is 9. The largest absolute Gasteiger partial charge is 0.490 e. The Morgan fingerprint density at radius 1 is 1.04 bits per heavy atom. The number of aromatic amines is 1. The smallest absolute Gasteiger partial charge is 0.416 e. The number of halogens is 3. The van der Waals surface area contributed by atoms with Gasteiger partial charge in [0.05, 0.1) is 29.0 Å². The van der Waals surface area contributed by atoms with Crippen LogP contribution in [0.4, 0.5) is 18.9 Å². The molecule has 2 bridgehead atoms. The standard InChI is InChI=1S/C34H32F3N3O8S2/c1-2-47-21-11-15(8-9-20(21)48-14-22(41)38-17-6-3-5-16(12-17)34(35,36)37)24-25-18-13-19(28(25)49-30-29(24)50-33(46)39-30)27-26(18)31(44)40(32(27)45)10-4-7-23(42)43/h3,5-6,8-9,11-12,18-19,24-28H,2,4,7,10,13-14H2,1H3,(H,38,41)(H,39,46)(H,42,43)/t18?,19?,24-,25?,26?,27?,28?/m1/s1. The first-order valence-corrected chi connectivity index (χ1v) is 17.9. The average molecular weight is 732 g/mol. The van der Waals surface area contributed by atoms with Crippen LogP contribution in [0.15, 0.2) is 52.3 Å². The van der Waals surface area contributed by atoms with Gasteiger partial charge in [0.25, 0.3) is 5.91 Å². The number of carbonyl (C=O) groups excluding carboxylic acids is 3. The van der Waals surface area contributed by atoms with E-state index in [4.69, 9.17) is 14.6 Å². The Morgan fingerprint density at radius 2 is 1.80 bits per heavy atom. The number of carbonyl (C=O) groups is 4. The number of fused-ring (bicyclic) bond motifs is 9. The highest BCUT2D eigenvalue weighted by atomic mass is 32.2. The van der Waals surface area contributed by atoms with Gasteiger partial charge in [0, 0.05) is 34.7 Å². The number of aliphatic carboxylic acids is 1. The maximum Gasteiger partial charge on any atom is 0.416 e. The van der Waals surface area contributed by atoms with Crippen molar-refractivity contribution in [1.82, 2.24) is 9.88 Å². The van der Waals surface area contributed by atoms with Gasteiger partial charge in [-0.3, -0.25) is 28.9 Å². The number of amides is 3. The Kier molecular flexibility index (Phi) is 8.95. The minimum absolute atomic E-state index is 0.0289. The lowest BCUT2D eigenvalue weighted by Gasteiger charge is -2.43. The predicted molar refractivity (Wildman–Crippen MR) is 175 cm³/mol. The van der Waals surface area contributed by atoms with Crippen LogP contribution in [0.25, 0.3) is 0 Å². The molecule has 3 heterocycles. The third-order valence-electron chi connectivity index (χ3n) is 10.0.